The second-order valence-corrected chi connectivity index (χ2v) is 6.71. The van der Waals surface area contributed by atoms with E-state index in [1.165, 1.54) is 0 Å². The lowest BCUT2D eigenvalue weighted by Crippen LogP contribution is -2.43. The molecule has 3 rings (SSSR count). The Labute approximate surface area is 143 Å². The summed E-state index contributed by atoms with van der Waals surface area (Å²) >= 11 is 3.47. The van der Waals surface area contributed by atoms with Crippen LogP contribution in [0.15, 0.2) is 17.1 Å². The van der Waals surface area contributed by atoms with E-state index in [9.17, 15) is 9.90 Å². The molecule has 1 N–H and O–H groups in total. The van der Waals surface area contributed by atoms with E-state index in [1.807, 2.05) is 30.9 Å². The molecule has 1 aromatic rings. The largest absolute Gasteiger partial charge is 0.493 e. The van der Waals surface area contributed by atoms with Gasteiger partial charge in [0, 0.05) is 11.8 Å². The second-order valence-electron chi connectivity index (χ2n) is 5.89. The molecule has 0 bridgehead atoms. The lowest BCUT2D eigenvalue weighted by atomic mass is 9.93. The number of benzene rings is 1. The third-order valence-electron chi connectivity index (χ3n) is 4.04. The van der Waals surface area contributed by atoms with E-state index < -0.39 is 5.97 Å². The molecule has 0 radical (unpaired) electrons. The highest BCUT2D eigenvalue weighted by atomic mass is 79.9. The third kappa shape index (κ3) is 2.78. The van der Waals surface area contributed by atoms with Gasteiger partial charge in [-0.25, -0.2) is 9.79 Å². The Kier molecular flexibility index (Phi) is 4.23. The van der Waals surface area contributed by atoms with Gasteiger partial charge in [0.2, 0.25) is 0 Å². The Morgan fingerprint density at radius 2 is 2.17 bits per heavy atom. The van der Waals surface area contributed by atoms with E-state index in [-0.39, 0.29) is 22.9 Å². The average molecular weight is 383 g/mol. The number of aliphatic carboxylic acids is 1. The highest BCUT2D eigenvalue weighted by Gasteiger charge is 2.42. The SMILES string of the molecule is COc1cc2c(cc1OC(C)C)N1C(Br)N=C(C(=O)O)C1CC2. The second kappa shape index (κ2) is 6.03. The first kappa shape index (κ1) is 16.1. The van der Waals surface area contributed by atoms with E-state index in [0.29, 0.717) is 17.9 Å². The highest BCUT2D eigenvalue weighted by molar-refractivity contribution is 9.09. The minimum absolute atomic E-state index is 0.0190. The molecule has 0 saturated heterocycles. The van der Waals surface area contributed by atoms with E-state index in [4.69, 9.17) is 9.47 Å². The number of halogens is 1. The van der Waals surface area contributed by atoms with Gasteiger partial charge in [-0.3, -0.25) is 0 Å². The number of methoxy groups -OCH3 is 1. The third-order valence-corrected chi connectivity index (χ3v) is 4.68. The number of hydrogen-bond donors (Lipinski definition) is 1. The van der Waals surface area contributed by atoms with Gasteiger partial charge in [0.1, 0.15) is 5.71 Å². The quantitative estimate of drug-likeness (QED) is 0.640. The molecule has 2 aliphatic heterocycles. The standard InChI is InChI=1S/C16H19BrN2O4/c1-8(2)23-13-7-11-9(6-12(13)22-3)4-5-10-14(15(20)21)18-16(17)19(10)11/h6-8,10,16H,4-5H2,1-3H3,(H,20,21). The topological polar surface area (TPSA) is 71.4 Å². The van der Waals surface area contributed by atoms with E-state index in [0.717, 1.165) is 17.7 Å². The summed E-state index contributed by atoms with van der Waals surface area (Å²) < 4.78 is 11.3. The van der Waals surface area contributed by atoms with Crippen LogP contribution in [-0.4, -0.2) is 41.1 Å². The fraction of sp³-hybridized carbons (Fsp3) is 0.500. The van der Waals surface area contributed by atoms with Crippen molar-refractivity contribution in [1.29, 1.82) is 0 Å². The van der Waals surface area contributed by atoms with E-state index >= 15 is 0 Å². The van der Waals surface area contributed by atoms with Crippen molar-refractivity contribution >= 4 is 33.3 Å². The van der Waals surface area contributed by atoms with Crippen LogP contribution in [-0.2, 0) is 11.2 Å². The zero-order chi connectivity index (χ0) is 16.7. The first-order valence-electron chi connectivity index (χ1n) is 7.53. The predicted octanol–water partition coefficient (Wildman–Crippen LogP) is 2.82. The van der Waals surface area contributed by atoms with Crippen molar-refractivity contribution in [3.05, 3.63) is 17.7 Å². The molecule has 2 atom stereocenters. The smallest absolute Gasteiger partial charge is 0.352 e. The number of fused-ring (bicyclic) bond motifs is 3. The van der Waals surface area contributed by atoms with Gasteiger partial charge in [0.15, 0.2) is 16.6 Å². The predicted molar refractivity (Wildman–Crippen MR) is 91.1 cm³/mol. The zero-order valence-electron chi connectivity index (χ0n) is 13.2. The summed E-state index contributed by atoms with van der Waals surface area (Å²) in [4.78, 5) is 17.7. The Morgan fingerprint density at radius 3 is 2.78 bits per heavy atom. The van der Waals surface area contributed by atoms with Crippen LogP contribution in [0.2, 0.25) is 0 Å². The van der Waals surface area contributed by atoms with Crippen LogP contribution in [0.4, 0.5) is 5.69 Å². The van der Waals surface area contributed by atoms with Crippen molar-refractivity contribution in [2.45, 2.75) is 43.9 Å². The molecule has 2 aliphatic rings. The molecule has 124 valence electrons. The van der Waals surface area contributed by atoms with E-state index in [2.05, 4.69) is 20.9 Å². The summed E-state index contributed by atoms with van der Waals surface area (Å²) in [5.41, 5.74) is 2.26. The highest BCUT2D eigenvalue weighted by Crippen LogP contribution is 2.43. The Morgan fingerprint density at radius 1 is 1.43 bits per heavy atom. The summed E-state index contributed by atoms with van der Waals surface area (Å²) in [6.07, 6.45) is 1.51. The van der Waals surface area contributed by atoms with Crippen LogP contribution in [0, 0.1) is 0 Å². The Hall–Kier alpha value is -1.76. The molecule has 2 heterocycles. The van der Waals surface area contributed by atoms with Crippen molar-refractivity contribution in [3.63, 3.8) is 0 Å². The number of hydrogen-bond acceptors (Lipinski definition) is 5. The van der Waals surface area contributed by atoms with Crippen molar-refractivity contribution < 1.29 is 19.4 Å². The summed E-state index contributed by atoms with van der Waals surface area (Å²) in [5, 5.41) is 8.97. The van der Waals surface area contributed by atoms with E-state index in [1.54, 1.807) is 7.11 Å². The molecule has 23 heavy (non-hydrogen) atoms. The van der Waals surface area contributed by atoms with Gasteiger partial charge < -0.3 is 19.5 Å². The maximum Gasteiger partial charge on any atom is 0.352 e. The fourth-order valence-electron chi connectivity index (χ4n) is 3.13. The Balaban J connectivity index is 2.04. The van der Waals surface area contributed by atoms with Crippen LogP contribution in [0.5, 0.6) is 11.5 Å². The molecule has 2 unspecified atom stereocenters. The first-order chi connectivity index (χ1) is 10.9. The summed E-state index contributed by atoms with van der Waals surface area (Å²) in [5.74, 6) is 0.392. The maximum absolute atomic E-state index is 11.4. The van der Waals surface area contributed by atoms with Crippen LogP contribution >= 0.6 is 15.9 Å². The molecule has 0 spiro atoms. The average Bonchev–Trinajstić information content (AvgIpc) is 2.83. The van der Waals surface area contributed by atoms with Crippen LogP contribution in [0.25, 0.3) is 0 Å². The van der Waals surface area contributed by atoms with Gasteiger partial charge >= 0.3 is 5.97 Å². The minimum atomic E-state index is -0.961. The van der Waals surface area contributed by atoms with Crippen LogP contribution in [0.1, 0.15) is 25.8 Å². The van der Waals surface area contributed by atoms with Gasteiger partial charge in [0.05, 0.1) is 19.3 Å². The first-order valence-corrected chi connectivity index (χ1v) is 8.45. The summed E-state index contributed by atoms with van der Waals surface area (Å²) in [6, 6.07) is 3.68. The monoisotopic (exact) mass is 382 g/mol. The maximum atomic E-state index is 11.4. The van der Waals surface area contributed by atoms with Crippen molar-refractivity contribution in [3.8, 4) is 11.5 Å². The lowest BCUT2D eigenvalue weighted by Gasteiger charge is -2.35. The molecule has 0 saturated carbocycles. The molecule has 7 heteroatoms. The molecule has 1 aromatic carbocycles. The van der Waals surface area contributed by atoms with Crippen molar-refractivity contribution in [2.24, 2.45) is 4.99 Å². The number of carboxylic acids is 1. The number of carboxylic acid groups (broad SMARTS) is 1. The van der Waals surface area contributed by atoms with Gasteiger partial charge in [-0.1, -0.05) is 0 Å². The van der Waals surface area contributed by atoms with Crippen molar-refractivity contribution in [1.82, 2.24) is 0 Å². The van der Waals surface area contributed by atoms with Crippen LogP contribution in [0.3, 0.4) is 0 Å². The lowest BCUT2D eigenvalue weighted by molar-refractivity contribution is -0.129. The number of aryl methyl sites for hydroxylation is 1. The molecule has 6 nitrogen and oxygen atoms in total. The molecule has 0 fully saturated rings. The Bertz CT molecular complexity index is 674. The summed E-state index contributed by atoms with van der Waals surface area (Å²) in [6.45, 7) is 3.91. The number of alkyl halides is 1. The fourth-order valence-corrected chi connectivity index (χ4v) is 3.86. The molecular formula is C16H19BrN2O4. The minimum Gasteiger partial charge on any atom is -0.493 e. The number of carbonyl (C=O) groups is 1. The van der Waals surface area contributed by atoms with Gasteiger partial charge in [-0.15, -0.1) is 0 Å². The molecule has 0 aliphatic carbocycles. The number of anilines is 1. The van der Waals surface area contributed by atoms with Crippen LogP contribution < -0.4 is 14.4 Å². The summed E-state index contributed by atoms with van der Waals surface area (Å²) in [7, 11) is 1.62. The zero-order valence-corrected chi connectivity index (χ0v) is 14.8. The molecule has 0 aromatic heterocycles. The number of nitrogens with zero attached hydrogens (tertiary/aromatic N) is 2. The number of rotatable bonds is 4. The van der Waals surface area contributed by atoms with Gasteiger partial charge in [0.25, 0.3) is 0 Å². The van der Waals surface area contributed by atoms with Crippen molar-refractivity contribution in [2.75, 3.05) is 12.0 Å². The number of aliphatic imine (C=N–C) groups is 1. The van der Waals surface area contributed by atoms with Gasteiger partial charge in [-0.05, 0) is 54.2 Å². The normalized spacial score (nSPS) is 22.5. The molecular weight excluding hydrogens is 364 g/mol. The number of ether oxygens (including phenoxy) is 2. The van der Waals surface area contributed by atoms with Gasteiger partial charge in [-0.2, -0.15) is 0 Å². The molecule has 0 amide bonds.